The van der Waals surface area contributed by atoms with E-state index in [1.54, 1.807) is 11.6 Å². The Morgan fingerprint density at radius 3 is 2.09 bits per heavy atom. The summed E-state index contributed by atoms with van der Waals surface area (Å²) in [5, 5.41) is 17.0. The molecule has 0 aromatic heterocycles. The fourth-order valence-corrected chi connectivity index (χ4v) is 2.13. The van der Waals surface area contributed by atoms with Crippen molar-refractivity contribution in [2.75, 3.05) is 6.16 Å². The summed E-state index contributed by atoms with van der Waals surface area (Å²) in [5.74, 6) is 3.47. The predicted molar refractivity (Wildman–Crippen MR) is 50.2 cm³/mol. The van der Waals surface area contributed by atoms with Crippen LogP contribution in [-0.2, 0) is 0 Å². The minimum atomic E-state index is -0.428. The first-order chi connectivity index (χ1) is 5.35. The molecule has 0 fully saturated rings. The summed E-state index contributed by atoms with van der Waals surface area (Å²) in [5.41, 5.74) is 0. The van der Waals surface area contributed by atoms with Gasteiger partial charge in [-0.3, -0.25) is 0 Å². The Kier molecular flexibility index (Phi) is 7.28. The highest BCUT2D eigenvalue weighted by Crippen LogP contribution is 2.39. The van der Waals surface area contributed by atoms with Crippen molar-refractivity contribution in [1.29, 1.82) is 0 Å². The van der Waals surface area contributed by atoms with Crippen LogP contribution in [-0.4, -0.2) is 16.4 Å². The number of aliphatic hydroxyl groups is 2. The van der Waals surface area contributed by atoms with E-state index in [2.05, 4.69) is 6.92 Å². The molecule has 2 N–H and O–H groups in total. The van der Waals surface area contributed by atoms with Crippen molar-refractivity contribution in [1.82, 2.24) is 0 Å². The molecule has 0 aliphatic heterocycles. The molecule has 64 valence electrons. The molecule has 0 bridgehead atoms. The molecule has 0 aromatic carbocycles. The third kappa shape index (κ3) is 5.93. The van der Waals surface area contributed by atoms with Crippen molar-refractivity contribution in [3.8, 4) is 0 Å². The summed E-state index contributed by atoms with van der Waals surface area (Å²) >= 11 is 0. The van der Waals surface area contributed by atoms with Crippen molar-refractivity contribution < 1.29 is 10.2 Å². The van der Waals surface area contributed by atoms with E-state index in [0.29, 0.717) is 0 Å². The molecule has 0 aliphatic rings. The summed E-state index contributed by atoms with van der Waals surface area (Å²) in [6, 6.07) is 0. The molecule has 0 saturated heterocycles. The Balaban J connectivity index is 3.69. The largest absolute Gasteiger partial charge is 0.516 e. The van der Waals surface area contributed by atoms with Gasteiger partial charge in [0.15, 0.2) is 0 Å². The molecular weight excluding hydrogens is 159 g/mol. The Morgan fingerprint density at radius 2 is 1.73 bits per heavy atom. The second kappa shape index (κ2) is 7.62. The van der Waals surface area contributed by atoms with Crippen LogP contribution in [0.5, 0.6) is 0 Å². The van der Waals surface area contributed by atoms with Gasteiger partial charge in [-0.15, -0.1) is 0 Å². The summed E-state index contributed by atoms with van der Waals surface area (Å²) in [4.78, 5) is 0. The quantitative estimate of drug-likeness (QED) is 0.495. The normalized spacial score (nSPS) is 12.2. The molecule has 0 radical (unpaired) electrons. The number of rotatable bonds is 5. The summed E-state index contributed by atoms with van der Waals surface area (Å²) in [6.45, 7) is 2.12. The second-order valence-electron chi connectivity index (χ2n) is 2.19. The fraction of sp³-hybridized carbons (Fsp3) is 0.500. The van der Waals surface area contributed by atoms with E-state index in [1.165, 1.54) is 0 Å². The Bertz CT molecular complexity index is 120. The maximum atomic E-state index is 8.48. The van der Waals surface area contributed by atoms with Gasteiger partial charge in [-0.05, 0) is 24.2 Å². The summed E-state index contributed by atoms with van der Waals surface area (Å²) in [7, 11) is -0.428. The van der Waals surface area contributed by atoms with Crippen LogP contribution in [0.1, 0.15) is 19.8 Å². The molecule has 0 aromatic rings. The predicted octanol–water partition coefficient (Wildman–Crippen LogP) is 3.33. The van der Waals surface area contributed by atoms with Crippen molar-refractivity contribution in [3.63, 3.8) is 0 Å². The maximum absolute atomic E-state index is 8.48. The zero-order valence-corrected chi connectivity index (χ0v) is 7.67. The highest BCUT2D eigenvalue weighted by atomic mass is 31.1. The molecule has 2 nitrogen and oxygen atoms in total. The van der Waals surface area contributed by atoms with Crippen LogP contribution in [0.3, 0.4) is 0 Å². The average Bonchev–Trinajstić information content (AvgIpc) is 2.01. The van der Waals surface area contributed by atoms with Crippen LogP contribution < -0.4 is 0 Å². The molecule has 0 saturated carbocycles. The molecule has 0 rings (SSSR count). The van der Waals surface area contributed by atoms with Gasteiger partial charge in [-0.2, -0.15) is 0 Å². The first kappa shape index (κ1) is 10.5. The van der Waals surface area contributed by atoms with Crippen molar-refractivity contribution >= 4 is 7.92 Å². The Hall–Kier alpha value is -0.490. The zero-order valence-electron chi connectivity index (χ0n) is 6.77. The molecule has 3 heteroatoms. The van der Waals surface area contributed by atoms with E-state index in [0.717, 1.165) is 31.5 Å². The van der Waals surface area contributed by atoms with E-state index in [-0.39, 0.29) is 0 Å². The lowest BCUT2D eigenvalue weighted by atomic mass is 10.4. The van der Waals surface area contributed by atoms with Crippen LogP contribution in [0.4, 0.5) is 0 Å². The second-order valence-corrected chi connectivity index (χ2v) is 4.26. The topological polar surface area (TPSA) is 40.5 Å². The third-order valence-corrected chi connectivity index (χ3v) is 3.15. The molecule has 0 aliphatic carbocycles. The van der Waals surface area contributed by atoms with Gasteiger partial charge in [-0.1, -0.05) is 21.3 Å². The van der Waals surface area contributed by atoms with Gasteiger partial charge in [0.2, 0.25) is 0 Å². The smallest absolute Gasteiger partial charge is 0.0799 e. The summed E-state index contributed by atoms with van der Waals surface area (Å²) in [6.07, 6.45) is 5.44. The monoisotopic (exact) mass is 174 g/mol. The van der Waals surface area contributed by atoms with Crippen LogP contribution in [0, 0.1) is 0 Å². The first-order valence-corrected chi connectivity index (χ1v) is 5.39. The first-order valence-electron chi connectivity index (χ1n) is 3.72. The van der Waals surface area contributed by atoms with Crippen LogP contribution in [0.2, 0.25) is 0 Å². The molecule has 0 spiro atoms. The standard InChI is InChI=1S/C8H15O2P/c1-2-3-6-11(7-4-9)8-5-10/h4-5,7-10H,2-3,6H2,1H3/b7-4+,8-5+. The van der Waals surface area contributed by atoms with Gasteiger partial charge in [-0.25, -0.2) is 0 Å². The molecule has 0 atom stereocenters. The highest BCUT2D eigenvalue weighted by molar-refractivity contribution is 7.64. The third-order valence-electron chi connectivity index (χ3n) is 1.29. The average molecular weight is 174 g/mol. The van der Waals surface area contributed by atoms with Gasteiger partial charge >= 0.3 is 0 Å². The lowest BCUT2D eigenvalue weighted by molar-refractivity contribution is 0.474. The van der Waals surface area contributed by atoms with E-state index in [9.17, 15) is 0 Å². The van der Waals surface area contributed by atoms with Crippen molar-refractivity contribution in [3.05, 3.63) is 24.2 Å². The van der Waals surface area contributed by atoms with Crippen LogP contribution >= 0.6 is 7.92 Å². The van der Waals surface area contributed by atoms with Crippen LogP contribution in [0.15, 0.2) is 24.2 Å². The SMILES string of the molecule is CCCCP(/C=C/O)/C=C/O. The van der Waals surface area contributed by atoms with Gasteiger partial charge in [0.1, 0.15) is 0 Å². The van der Waals surface area contributed by atoms with Gasteiger partial charge in [0.25, 0.3) is 0 Å². The van der Waals surface area contributed by atoms with E-state index in [1.807, 2.05) is 0 Å². The molecule has 0 amide bonds. The lowest BCUT2D eigenvalue weighted by Crippen LogP contribution is -1.78. The molecular formula is C8H15O2P. The molecule has 0 unspecified atom stereocenters. The number of hydrogen-bond acceptors (Lipinski definition) is 2. The minimum absolute atomic E-state index is 0.428. The fourth-order valence-electron chi connectivity index (χ4n) is 0.711. The van der Waals surface area contributed by atoms with E-state index < -0.39 is 7.92 Å². The van der Waals surface area contributed by atoms with E-state index in [4.69, 9.17) is 10.2 Å². The maximum Gasteiger partial charge on any atom is 0.0799 e. The van der Waals surface area contributed by atoms with Crippen LogP contribution in [0.25, 0.3) is 0 Å². The Labute approximate surface area is 69.0 Å². The number of unbranched alkanes of at least 4 members (excludes halogenated alkanes) is 1. The highest BCUT2D eigenvalue weighted by Gasteiger charge is 1.97. The minimum Gasteiger partial charge on any atom is -0.516 e. The van der Waals surface area contributed by atoms with Gasteiger partial charge in [0.05, 0.1) is 12.5 Å². The Morgan fingerprint density at radius 1 is 1.18 bits per heavy atom. The molecule has 0 heterocycles. The van der Waals surface area contributed by atoms with E-state index >= 15 is 0 Å². The van der Waals surface area contributed by atoms with Crippen molar-refractivity contribution in [2.45, 2.75) is 19.8 Å². The molecule has 11 heavy (non-hydrogen) atoms. The zero-order chi connectivity index (χ0) is 8.53. The lowest BCUT2D eigenvalue weighted by Gasteiger charge is -2.04. The summed E-state index contributed by atoms with van der Waals surface area (Å²) < 4.78 is 0. The van der Waals surface area contributed by atoms with Gasteiger partial charge < -0.3 is 10.2 Å². The van der Waals surface area contributed by atoms with Gasteiger partial charge in [0, 0.05) is 0 Å². The number of aliphatic hydroxyl groups excluding tert-OH is 2. The number of hydrogen-bond donors (Lipinski definition) is 2. The van der Waals surface area contributed by atoms with Crippen molar-refractivity contribution in [2.24, 2.45) is 0 Å².